The molecular weight excluding hydrogens is 450 g/mol. The molecule has 0 atom stereocenters. The molecule has 0 spiro atoms. The number of unbranched alkanes of at least 4 members (excludes halogenated alkanes) is 6. The summed E-state index contributed by atoms with van der Waals surface area (Å²) in [7, 11) is 0. The van der Waals surface area contributed by atoms with Crippen LogP contribution in [0.4, 0.5) is 0 Å². The summed E-state index contributed by atoms with van der Waals surface area (Å²) >= 11 is 0. The molecule has 1 heterocycles. The van der Waals surface area contributed by atoms with Crippen LogP contribution in [0.2, 0.25) is 0 Å². The average molecular weight is 498 g/mol. The number of hydrogen-bond donors (Lipinski definition) is 1. The van der Waals surface area contributed by atoms with E-state index in [1.807, 2.05) is 18.2 Å². The second-order valence-corrected chi connectivity index (χ2v) is 9.96. The Kier molecular flexibility index (Phi) is 13.2. The van der Waals surface area contributed by atoms with E-state index >= 15 is 0 Å². The lowest BCUT2D eigenvalue weighted by atomic mass is 10.1. The number of ether oxygens (including phenoxy) is 2. The number of nitrogens with zero attached hydrogens (tertiary/aromatic N) is 1. The number of pyridine rings is 1. The van der Waals surface area contributed by atoms with Crippen molar-refractivity contribution in [2.24, 2.45) is 0 Å². The van der Waals surface area contributed by atoms with Gasteiger partial charge in [0.25, 0.3) is 5.56 Å². The summed E-state index contributed by atoms with van der Waals surface area (Å²) in [4.78, 5) is 13.4. The van der Waals surface area contributed by atoms with E-state index in [2.05, 4.69) is 46.8 Å². The summed E-state index contributed by atoms with van der Waals surface area (Å²) in [5, 5.41) is 11.6. The zero-order valence-electron chi connectivity index (χ0n) is 23.2. The summed E-state index contributed by atoms with van der Waals surface area (Å²) < 4.78 is 13.6. The molecule has 1 aromatic heterocycles. The van der Waals surface area contributed by atoms with Gasteiger partial charge in [0.2, 0.25) is 5.75 Å². The van der Waals surface area contributed by atoms with Gasteiger partial charge in [-0.25, -0.2) is 0 Å². The Morgan fingerprint density at radius 2 is 1.67 bits per heavy atom. The molecule has 0 aliphatic heterocycles. The van der Waals surface area contributed by atoms with E-state index in [-0.39, 0.29) is 17.1 Å². The van der Waals surface area contributed by atoms with Crippen molar-refractivity contribution in [2.75, 3.05) is 13.2 Å². The number of aromatic hydroxyl groups is 1. The van der Waals surface area contributed by atoms with Crippen molar-refractivity contribution in [3.8, 4) is 17.2 Å². The highest BCUT2D eigenvalue weighted by molar-refractivity contribution is 5.88. The van der Waals surface area contributed by atoms with E-state index in [0.717, 1.165) is 64.2 Å². The summed E-state index contributed by atoms with van der Waals surface area (Å²) in [6, 6.07) is 5.55. The second kappa shape index (κ2) is 16.1. The number of hydrogen-bond acceptors (Lipinski definition) is 4. The largest absolute Gasteiger partial charge is 0.504 e. The molecule has 1 N–H and O–H groups in total. The molecule has 0 bridgehead atoms. The van der Waals surface area contributed by atoms with Crippen LogP contribution in [0.5, 0.6) is 17.2 Å². The Bertz CT molecular complexity index is 1060. The fourth-order valence-corrected chi connectivity index (χ4v) is 4.20. The van der Waals surface area contributed by atoms with Crippen molar-refractivity contribution < 1.29 is 14.6 Å². The van der Waals surface area contributed by atoms with Gasteiger partial charge in [-0.2, -0.15) is 0 Å². The molecule has 2 rings (SSSR count). The highest BCUT2D eigenvalue weighted by Crippen LogP contribution is 2.34. The lowest BCUT2D eigenvalue weighted by molar-refractivity contribution is 0.284. The molecule has 0 saturated heterocycles. The predicted octanol–water partition coefficient (Wildman–Crippen LogP) is 8.32. The first-order chi connectivity index (χ1) is 17.4. The van der Waals surface area contributed by atoms with E-state index in [9.17, 15) is 9.90 Å². The molecule has 5 heteroatoms. The normalized spacial score (nSPS) is 11.6. The Balaban J connectivity index is 2.25. The molecular formula is C31H47NO4. The summed E-state index contributed by atoms with van der Waals surface area (Å²) in [5.41, 5.74) is 3.05. The van der Waals surface area contributed by atoms with Gasteiger partial charge in [-0.05, 0) is 64.7 Å². The minimum absolute atomic E-state index is 0.0677. The summed E-state index contributed by atoms with van der Waals surface area (Å²) in [6.45, 7) is 12.2. The van der Waals surface area contributed by atoms with E-state index < -0.39 is 0 Å². The van der Waals surface area contributed by atoms with Crippen molar-refractivity contribution in [1.82, 2.24) is 4.57 Å². The van der Waals surface area contributed by atoms with Gasteiger partial charge in [0, 0.05) is 18.0 Å². The number of rotatable bonds is 17. The fourth-order valence-electron chi connectivity index (χ4n) is 4.20. The van der Waals surface area contributed by atoms with E-state index in [1.165, 1.54) is 11.1 Å². The quantitative estimate of drug-likeness (QED) is 0.176. The van der Waals surface area contributed by atoms with Gasteiger partial charge in [0.15, 0.2) is 5.75 Å². The molecule has 0 radical (unpaired) electrons. The molecule has 0 fully saturated rings. The van der Waals surface area contributed by atoms with Gasteiger partial charge < -0.3 is 19.1 Å². The monoisotopic (exact) mass is 497 g/mol. The van der Waals surface area contributed by atoms with Crippen molar-refractivity contribution in [2.45, 2.75) is 105 Å². The molecule has 36 heavy (non-hydrogen) atoms. The van der Waals surface area contributed by atoms with E-state index in [0.29, 0.717) is 36.4 Å². The number of allylic oxidation sites excluding steroid dienone is 3. The summed E-state index contributed by atoms with van der Waals surface area (Å²) in [5.74, 6) is 0.681. The van der Waals surface area contributed by atoms with Gasteiger partial charge in [-0.15, -0.1) is 0 Å². The zero-order chi connectivity index (χ0) is 26.3. The SMILES string of the molecule is CCCCCCOc1c(O)c2ccc(OC/C=C(\C)CCC=C(C)C)cc2n(CCCCCC)c1=O. The molecule has 200 valence electrons. The Morgan fingerprint density at radius 3 is 2.36 bits per heavy atom. The molecule has 1 aromatic carbocycles. The third-order valence-corrected chi connectivity index (χ3v) is 6.42. The number of aryl methyl sites for hydroxylation is 1. The first-order valence-corrected chi connectivity index (χ1v) is 13.8. The smallest absolute Gasteiger partial charge is 0.297 e. The lowest BCUT2D eigenvalue weighted by Crippen LogP contribution is -2.23. The minimum Gasteiger partial charge on any atom is -0.504 e. The highest BCUT2D eigenvalue weighted by Gasteiger charge is 2.18. The minimum atomic E-state index is -0.265. The van der Waals surface area contributed by atoms with Crippen LogP contribution in [0, 0.1) is 0 Å². The van der Waals surface area contributed by atoms with Crippen LogP contribution in [0.3, 0.4) is 0 Å². The molecule has 0 aliphatic rings. The molecule has 2 aromatic rings. The zero-order valence-corrected chi connectivity index (χ0v) is 23.2. The van der Waals surface area contributed by atoms with Crippen LogP contribution in [-0.2, 0) is 6.54 Å². The van der Waals surface area contributed by atoms with Crippen LogP contribution in [-0.4, -0.2) is 22.9 Å². The molecule has 0 amide bonds. The molecule has 5 nitrogen and oxygen atoms in total. The number of fused-ring (bicyclic) bond motifs is 1. The Morgan fingerprint density at radius 1 is 0.944 bits per heavy atom. The van der Waals surface area contributed by atoms with Crippen LogP contribution in [0.1, 0.15) is 98.8 Å². The predicted molar refractivity (Wildman–Crippen MR) is 152 cm³/mol. The first-order valence-electron chi connectivity index (χ1n) is 13.8. The maximum absolute atomic E-state index is 13.4. The van der Waals surface area contributed by atoms with E-state index in [4.69, 9.17) is 9.47 Å². The van der Waals surface area contributed by atoms with Crippen molar-refractivity contribution in [3.63, 3.8) is 0 Å². The number of benzene rings is 1. The first kappa shape index (κ1) is 29.5. The van der Waals surface area contributed by atoms with Crippen molar-refractivity contribution >= 4 is 10.9 Å². The van der Waals surface area contributed by atoms with Gasteiger partial charge in [-0.3, -0.25) is 4.79 Å². The van der Waals surface area contributed by atoms with Crippen LogP contribution in [0.25, 0.3) is 10.9 Å². The van der Waals surface area contributed by atoms with E-state index in [1.54, 1.807) is 4.57 Å². The molecule has 0 aliphatic carbocycles. The Labute approximate surface area is 217 Å². The van der Waals surface area contributed by atoms with Crippen molar-refractivity contribution in [1.29, 1.82) is 0 Å². The Hall–Kier alpha value is -2.69. The fraction of sp³-hybridized carbons (Fsp3) is 0.581. The van der Waals surface area contributed by atoms with Gasteiger partial charge in [0.05, 0.1) is 12.1 Å². The average Bonchev–Trinajstić information content (AvgIpc) is 2.85. The molecule has 0 unspecified atom stereocenters. The second-order valence-electron chi connectivity index (χ2n) is 9.96. The maximum Gasteiger partial charge on any atom is 0.297 e. The summed E-state index contributed by atoms with van der Waals surface area (Å²) in [6.07, 6.45) is 14.8. The highest BCUT2D eigenvalue weighted by atomic mass is 16.5. The standard InChI is InChI=1S/C31H47NO4/c1-6-8-10-12-20-32-28-23-26(35-22-19-25(5)16-14-15-24(3)4)17-18-27(28)29(33)30(31(32)34)36-21-13-11-9-7-2/h15,17-19,23,33H,6-14,16,20-22H2,1-5H3/b25-19+. The maximum atomic E-state index is 13.4. The number of aromatic nitrogens is 1. The van der Waals surface area contributed by atoms with Gasteiger partial charge in [-0.1, -0.05) is 69.6 Å². The molecule has 0 saturated carbocycles. The van der Waals surface area contributed by atoms with Crippen LogP contribution in [0.15, 0.2) is 46.3 Å². The third kappa shape index (κ3) is 9.40. The van der Waals surface area contributed by atoms with Crippen LogP contribution >= 0.6 is 0 Å². The third-order valence-electron chi connectivity index (χ3n) is 6.42. The van der Waals surface area contributed by atoms with Gasteiger partial charge >= 0.3 is 0 Å². The van der Waals surface area contributed by atoms with Gasteiger partial charge in [0.1, 0.15) is 12.4 Å². The van der Waals surface area contributed by atoms with Crippen molar-refractivity contribution in [3.05, 3.63) is 51.9 Å². The lowest BCUT2D eigenvalue weighted by Gasteiger charge is -2.16. The van der Waals surface area contributed by atoms with Crippen LogP contribution < -0.4 is 15.0 Å². The topological polar surface area (TPSA) is 60.7 Å².